The summed E-state index contributed by atoms with van der Waals surface area (Å²) in [5.41, 5.74) is 0.0957. The lowest BCUT2D eigenvalue weighted by Gasteiger charge is -2.42. The van der Waals surface area contributed by atoms with Crippen molar-refractivity contribution in [3.63, 3.8) is 0 Å². The number of ether oxygens (including phenoxy) is 2. The van der Waals surface area contributed by atoms with Crippen LogP contribution < -0.4 is 5.32 Å². The highest BCUT2D eigenvalue weighted by atomic mass is 16.5. The summed E-state index contributed by atoms with van der Waals surface area (Å²) < 4.78 is 11.9. The Morgan fingerprint density at radius 2 is 1.80 bits per heavy atom. The average molecular weight is 283 g/mol. The number of likely N-dealkylation sites (N-methyl/N-ethyl adjacent to an activating group) is 1. The molecule has 1 saturated carbocycles. The first-order valence-corrected chi connectivity index (χ1v) is 8.51. The number of rotatable bonds is 6. The van der Waals surface area contributed by atoms with Gasteiger partial charge in [0, 0.05) is 19.8 Å². The fraction of sp³-hybridized carbons (Fsp3) is 1.00. The molecule has 1 aliphatic carbocycles. The van der Waals surface area contributed by atoms with E-state index in [1.54, 1.807) is 0 Å². The van der Waals surface area contributed by atoms with Gasteiger partial charge in [0.2, 0.25) is 0 Å². The highest BCUT2D eigenvalue weighted by molar-refractivity contribution is 4.90. The van der Waals surface area contributed by atoms with Crippen molar-refractivity contribution in [1.82, 2.24) is 5.32 Å². The Morgan fingerprint density at radius 1 is 1.15 bits per heavy atom. The van der Waals surface area contributed by atoms with Crippen molar-refractivity contribution in [3.05, 3.63) is 0 Å². The molecule has 0 aromatic carbocycles. The molecule has 0 unspecified atom stereocenters. The van der Waals surface area contributed by atoms with Crippen LogP contribution in [0.4, 0.5) is 0 Å². The van der Waals surface area contributed by atoms with E-state index in [-0.39, 0.29) is 5.60 Å². The maximum Gasteiger partial charge on any atom is 0.0806 e. The molecule has 0 spiro atoms. The van der Waals surface area contributed by atoms with Gasteiger partial charge in [0.05, 0.1) is 12.2 Å². The molecule has 0 amide bonds. The Kier molecular flexibility index (Phi) is 6.31. The van der Waals surface area contributed by atoms with E-state index in [9.17, 15) is 0 Å². The smallest absolute Gasteiger partial charge is 0.0806 e. The zero-order chi connectivity index (χ0) is 14.4. The fourth-order valence-corrected chi connectivity index (χ4v) is 3.73. The molecule has 0 atom stereocenters. The van der Waals surface area contributed by atoms with Crippen LogP contribution in [0.15, 0.2) is 0 Å². The van der Waals surface area contributed by atoms with Crippen LogP contribution in [0, 0.1) is 17.8 Å². The van der Waals surface area contributed by atoms with Gasteiger partial charge in [-0.05, 0) is 63.3 Å². The summed E-state index contributed by atoms with van der Waals surface area (Å²) in [5, 5.41) is 3.36. The van der Waals surface area contributed by atoms with E-state index in [1.165, 1.54) is 38.5 Å². The standard InChI is InChI=1S/C17H33NO2/c1-14(2)16-4-8-17(9-5-16,13-18-3)20-12-15-6-10-19-11-7-15/h14-16,18H,4-13H2,1-3H3. The lowest BCUT2D eigenvalue weighted by atomic mass is 9.74. The van der Waals surface area contributed by atoms with Crippen LogP contribution in [0.1, 0.15) is 52.4 Å². The predicted octanol–water partition coefficient (Wildman–Crippen LogP) is 3.23. The SMILES string of the molecule is CNCC1(OCC2CCOCC2)CCC(C(C)C)CC1. The molecule has 0 radical (unpaired) electrons. The molecular formula is C17H33NO2. The largest absolute Gasteiger partial charge is 0.381 e. The molecule has 0 aromatic heterocycles. The quantitative estimate of drug-likeness (QED) is 0.812. The van der Waals surface area contributed by atoms with E-state index in [2.05, 4.69) is 19.2 Å². The van der Waals surface area contributed by atoms with E-state index in [0.717, 1.165) is 38.2 Å². The molecule has 1 saturated heterocycles. The third kappa shape index (κ3) is 4.44. The summed E-state index contributed by atoms with van der Waals surface area (Å²) in [6.45, 7) is 8.49. The number of hydrogen-bond donors (Lipinski definition) is 1. The second kappa shape index (κ2) is 7.77. The Labute approximate surface area is 124 Å². The molecule has 1 heterocycles. The molecule has 20 heavy (non-hydrogen) atoms. The first-order chi connectivity index (χ1) is 9.65. The van der Waals surface area contributed by atoms with Crippen molar-refractivity contribution in [2.45, 2.75) is 58.0 Å². The van der Waals surface area contributed by atoms with Crippen LogP contribution in [0.3, 0.4) is 0 Å². The van der Waals surface area contributed by atoms with E-state index in [4.69, 9.17) is 9.47 Å². The first-order valence-electron chi connectivity index (χ1n) is 8.51. The van der Waals surface area contributed by atoms with Gasteiger partial charge >= 0.3 is 0 Å². The second-order valence-corrected chi connectivity index (χ2v) is 7.16. The lowest BCUT2D eigenvalue weighted by Crippen LogP contribution is -2.46. The minimum absolute atomic E-state index is 0.0957. The third-order valence-corrected chi connectivity index (χ3v) is 5.35. The van der Waals surface area contributed by atoms with Gasteiger partial charge in [-0.15, -0.1) is 0 Å². The third-order valence-electron chi connectivity index (χ3n) is 5.35. The molecule has 1 aliphatic heterocycles. The van der Waals surface area contributed by atoms with Crippen molar-refractivity contribution in [1.29, 1.82) is 0 Å². The zero-order valence-electron chi connectivity index (χ0n) is 13.6. The van der Waals surface area contributed by atoms with Gasteiger partial charge in [-0.25, -0.2) is 0 Å². The maximum absolute atomic E-state index is 6.46. The summed E-state index contributed by atoms with van der Waals surface area (Å²) in [4.78, 5) is 0. The zero-order valence-corrected chi connectivity index (χ0v) is 13.6. The second-order valence-electron chi connectivity index (χ2n) is 7.16. The van der Waals surface area contributed by atoms with Crippen LogP contribution in [0.5, 0.6) is 0 Å². The van der Waals surface area contributed by atoms with Crippen LogP contribution >= 0.6 is 0 Å². The Bertz CT molecular complexity index is 266. The topological polar surface area (TPSA) is 30.5 Å². The first kappa shape index (κ1) is 16.3. The summed E-state index contributed by atoms with van der Waals surface area (Å²) in [5.74, 6) is 2.42. The van der Waals surface area contributed by atoms with E-state index >= 15 is 0 Å². The van der Waals surface area contributed by atoms with Crippen molar-refractivity contribution in [2.24, 2.45) is 17.8 Å². The van der Waals surface area contributed by atoms with Crippen LogP contribution in [-0.2, 0) is 9.47 Å². The Hall–Kier alpha value is -0.120. The highest BCUT2D eigenvalue weighted by Gasteiger charge is 2.37. The summed E-state index contributed by atoms with van der Waals surface area (Å²) in [6, 6.07) is 0. The highest BCUT2D eigenvalue weighted by Crippen LogP contribution is 2.38. The molecule has 2 rings (SSSR count). The van der Waals surface area contributed by atoms with Gasteiger partial charge < -0.3 is 14.8 Å². The normalized spacial score (nSPS) is 32.7. The predicted molar refractivity (Wildman–Crippen MR) is 82.9 cm³/mol. The van der Waals surface area contributed by atoms with E-state index in [1.807, 2.05) is 7.05 Å². The van der Waals surface area contributed by atoms with Crippen molar-refractivity contribution in [3.8, 4) is 0 Å². The summed E-state index contributed by atoms with van der Waals surface area (Å²) >= 11 is 0. The average Bonchev–Trinajstić information content (AvgIpc) is 2.47. The van der Waals surface area contributed by atoms with Crippen LogP contribution in [0.25, 0.3) is 0 Å². The Balaban J connectivity index is 1.83. The number of hydrogen-bond acceptors (Lipinski definition) is 3. The molecule has 0 aromatic rings. The van der Waals surface area contributed by atoms with Crippen molar-refractivity contribution < 1.29 is 9.47 Å². The van der Waals surface area contributed by atoms with Gasteiger partial charge in [0.15, 0.2) is 0 Å². The molecular weight excluding hydrogens is 250 g/mol. The Morgan fingerprint density at radius 3 is 2.35 bits per heavy atom. The molecule has 0 bridgehead atoms. The molecule has 118 valence electrons. The van der Waals surface area contributed by atoms with Crippen LogP contribution in [-0.4, -0.2) is 39.0 Å². The maximum atomic E-state index is 6.46. The van der Waals surface area contributed by atoms with Crippen molar-refractivity contribution in [2.75, 3.05) is 33.4 Å². The molecule has 2 aliphatic rings. The lowest BCUT2D eigenvalue weighted by molar-refractivity contribution is -0.100. The minimum atomic E-state index is 0.0957. The summed E-state index contributed by atoms with van der Waals surface area (Å²) in [6.07, 6.45) is 7.44. The number of nitrogens with one attached hydrogen (secondary N) is 1. The van der Waals surface area contributed by atoms with Gasteiger partial charge in [0.1, 0.15) is 0 Å². The minimum Gasteiger partial charge on any atom is -0.381 e. The molecule has 2 fully saturated rings. The molecule has 3 nitrogen and oxygen atoms in total. The fourth-order valence-electron chi connectivity index (χ4n) is 3.73. The molecule has 1 N–H and O–H groups in total. The van der Waals surface area contributed by atoms with Gasteiger partial charge in [-0.1, -0.05) is 13.8 Å². The monoisotopic (exact) mass is 283 g/mol. The van der Waals surface area contributed by atoms with Crippen molar-refractivity contribution >= 4 is 0 Å². The van der Waals surface area contributed by atoms with Gasteiger partial charge in [-0.3, -0.25) is 0 Å². The van der Waals surface area contributed by atoms with Gasteiger partial charge in [0.25, 0.3) is 0 Å². The molecule has 3 heteroatoms. The summed E-state index contributed by atoms with van der Waals surface area (Å²) in [7, 11) is 2.05. The van der Waals surface area contributed by atoms with E-state index in [0.29, 0.717) is 5.92 Å². The van der Waals surface area contributed by atoms with Crippen LogP contribution in [0.2, 0.25) is 0 Å². The van der Waals surface area contributed by atoms with Gasteiger partial charge in [-0.2, -0.15) is 0 Å². The van der Waals surface area contributed by atoms with E-state index < -0.39 is 0 Å².